The van der Waals surface area contributed by atoms with Crippen LogP contribution in [0.4, 0.5) is 0 Å². The molecule has 0 aromatic rings. The van der Waals surface area contributed by atoms with Gasteiger partial charge in [0.15, 0.2) is 0 Å². The average Bonchev–Trinajstić information content (AvgIpc) is 1.66. The summed E-state index contributed by atoms with van der Waals surface area (Å²) in [5.41, 5.74) is 0.689. The van der Waals surface area contributed by atoms with Crippen LogP contribution >= 0.6 is 0 Å². The van der Waals surface area contributed by atoms with Crippen LogP contribution in [-0.2, 0) is 0 Å². The molecule has 0 heteroatoms. The van der Waals surface area contributed by atoms with Crippen LogP contribution in [0.2, 0.25) is 0 Å². The molecular formula is C8H16. The van der Waals surface area contributed by atoms with E-state index in [2.05, 4.69) is 20.8 Å². The van der Waals surface area contributed by atoms with Crippen LogP contribution in [0.25, 0.3) is 0 Å². The first kappa shape index (κ1) is 6.12. The Kier molecular flexibility index (Phi) is 1.34. The van der Waals surface area contributed by atoms with Gasteiger partial charge >= 0.3 is 0 Å². The van der Waals surface area contributed by atoms with Gasteiger partial charge in [-0.25, -0.2) is 0 Å². The van der Waals surface area contributed by atoms with Crippen LogP contribution in [0, 0.1) is 11.3 Å². The molecule has 0 radical (unpaired) electrons. The summed E-state index contributed by atoms with van der Waals surface area (Å²) >= 11 is 0. The molecule has 0 nitrogen and oxygen atoms in total. The van der Waals surface area contributed by atoms with Crippen LogP contribution in [0.15, 0.2) is 0 Å². The smallest absolute Gasteiger partial charge is 0.0326 e. The maximum atomic E-state index is 2.38. The Morgan fingerprint density at radius 2 is 2.12 bits per heavy atom. The molecule has 1 aliphatic rings. The minimum absolute atomic E-state index is 0.689. The number of hydrogen-bond acceptors (Lipinski definition) is 0. The van der Waals surface area contributed by atoms with Gasteiger partial charge in [-0.3, -0.25) is 0 Å². The van der Waals surface area contributed by atoms with Crippen molar-refractivity contribution in [1.29, 1.82) is 0 Å². The highest BCUT2D eigenvalue weighted by molar-refractivity contribution is 4.87. The van der Waals surface area contributed by atoms with Crippen molar-refractivity contribution in [2.75, 3.05) is 0 Å². The minimum Gasteiger partial charge on any atom is -0.0651 e. The third kappa shape index (κ3) is 0.765. The van der Waals surface area contributed by atoms with Crippen LogP contribution in [-0.4, -0.2) is 0 Å². The van der Waals surface area contributed by atoms with Gasteiger partial charge in [-0.15, -0.1) is 0 Å². The number of rotatable bonds is 1. The zero-order chi connectivity index (χ0) is 6.20. The molecule has 48 valence electrons. The lowest BCUT2D eigenvalue weighted by Gasteiger charge is -2.44. The van der Waals surface area contributed by atoms with Crippen LogP contribution in [0.1, 0.15) is 40.0 Å². The van der Waals surface area contributed by atoms with Crippen molar-refractivity contribution in [3.63, 3.8) is 0 Å². The highest BCUT2D eigenvalue weighted by atomic mass is 14.4. The van der Waals surface area contributed by atoms with E-state index in [-0.39, 0.29) is 0 Å². The third-order valence-corrected chi connectivity index (χ3v) is 2.74. The molecular weight excluding hydrogens is 96.1 g/mol. The molecule has 1 atom stereocenters. The first-order valence-electron chi connectivity index (χ1n) is 3.67. The predicted molar refractivity (Wildman–Crippen MR) is 36.8 cm³/mol. The molecule has 1 unspecified atom stereocenters. The molecule has 0 N–H and O–H groups in total. The van der Waals surface area contributed by atoms with E-state index in [1.165, 1.54) is 19.3 Å². The lowest BCUT2D eigenvalue weighted by atomic mass is 9.62. The highest BCUT2D eigenvalue weighted by Crippen LogP contribution is 2.47. The molecule has 1 saturated carbocycles. The van der Waals surface area contributed by atoms with Gasteiger partial charge in [0.1, 0.15) is 0 Å². The fourth-order valence-electron chi connectivity index (χ4n) is 1.68. The molecule has 1 fully saturated rings. The fraction of sp³-hybridized carbons (Fsp3) is 1.00. The molecule has 8 heavy (non-hydrogen) atoms. The van der Waals surface area contributed by atoms with Gasteiger partial charge in [0.2, 0.25) is 0 Å². The molecule has 0 amide bonds. The van der Waals surface area contributed by atoms with E-state index in [1.54, 1.807) is 0 Å². The standard InChI is InChI=1S/C8H16/c1-4-7-5-6-8(7,2)3/h7H,4-6H2,1-3H3. The van der Waals surface area contributed by atoms with Gasteiger partial charge in [-0.05, 0) is 24.2 Å². The Hall–Kier alpha value is 0. The van der Waals surface area contributed by atoms with E-state index in [0.29, 0.717) is 5.41 Å². The SMILES string of the molecule is CCC1CCC1(C)C. The van der Waals surface area contributed by atoms with Crippen molar-refractivity contribution in [3.8, 4) is 0 Å². The lowest BCUT2D eigenvalue weighted by molar-refractivity contribution is 0.0691. The molecule has 0 bridgehead atoms. The molecule has 0 aliphatic heterocycles. The molecule has 1 aliphatic carbocycles. The molecule has 0 spiro atoms. The first-order valence-corrected chi connectivity index (χ1v) is 3.67. The Morgan fingerprint density at radius 3 is 2.12 bits per heavy atom. The normalized spacial score (nSPS) is 34.1. The Morgan fingerprint density at radius 1 is 1.50 bits per heavy atom. The van der Waals surface area contributed by atoms with E-state index in [1.807, 2.05) is 0 Å². The maximum Gasteiger partial charge on any atom is -0.0326 e. The molecule has 0 saturated heterocycles. The van der Waals surface area contributed by atoms with Gasteiger partial charge in [-0.2, -0.15) is 0 Å². The van der Waals surface area contributed by atoms with Gasteiger partial charge in [-0.1, -0.05) is 27.2 Å². The van der Waals surface area contributed by atoms with Crippen molar-refractivity contribution >= 4 is 0 Å². The van der Waals surface area contributed by atoms with E-state index in [4.69, 9.17) is 0 Å². The average molecular weight is 112 g/mol. The van der Waals surface area contributed by atoms with Crippen LogP contribution in [0.3, 0.4) is 0 Å². The first-order chi connectivity index (χ1) is 3.67. The summed E-state index contributed by atoms with van der Waals surface area (Å²) in [7, 11) is 0. The van der Waals surface area contributed by atoms with Crippen molar-refractivity contribution in [2.45, 2.75) is 40.0 Å². The Labute approximate surface area is 52.3 Å². The summed E-state index contributed by atoms with van der Waals surface area (Å²) in [5.74, 6) is 1.03. The molecule has 0 aromatic carbocycles. The van der Waals surface area contributed by atoms with E-state index < -0.39 is 0 Å². The second-order valence-corrected chi connectivity index (χ2v) is 3.63. The minimum atomic E-state index is 0.689. The second kappa shape index (κ2) is 1.75. The zero-order valence-corrected chi connectivity index (χ0v) is 6.20. The predicted octanol–water partition coefficient (Wildman–Crippen LogP) is 2.83. The highest BCUT2D eigenvalue weighted by Gasteiger charge is 2.36. The topological polar surface area (TPSA) is 0 Å². The molecule has 0 heterocycles. The zero-order valence-electron chi connectivity index (χ0n) is 6.20. The van der Waals surface area contributed by atoms with Gasteiger partial charge < -0.3 is 0 Å². The Bertz CT molecular complexity index is 80.0. The Balaban J connectivity index is 2.37. The van der Waals surface area contributed by atoms with Crippen LogP contribution in [0.5, 0.6) is 0 Å². The van der Waals surface area contributed by atoms with E-state index in [9.17, 15) is 0 Å². The van der Waals surface area contributed by atoms with E-state index in [0.717, 1.165) is 5.92 Å². The van der Waals surface area contributed by atoms with Crippen molar-refractivity contribution in [2.24, 2.45) is 11.3 Å². The summed E-state index contributed by atoms with van der Waals surface area (Å²) in [6.07, 6.45) is 4.31. The van der Waals surface area contributed by atoms with Crippen LogP contribution < -0.4 is 0 Å². The largest absolute Gasteiger partial charge is 0.0651 e. The molecule has 0 aromatic heterocycles. The molecule has 1 rings (SSSR count). The lowest BCUT2D eigenvalue weighted by Crippen LogP contribution is -2.33. The second-order valence-electron chi connectivity index (χ2n) is 3.63. The summed E-state index contributed by atoms with van der Waals surface area (Å²) in [6.45, 7) is 7.06. The van der Waals surface area contributed by atoms with E-state index >= 15 is 0 Å². The van der Waals surface area contributed by atoms with Crippen molar-refractivity contribution in [3.05, 3.63) is 0 Å². The van der Waals surface area contributed by atoms with Gasteiger partial charge in [0.05, 0.1) is 0 Å². The third-order valence-electron chi connectivity index (χ3n) is 2.74. The fourth-order valence-corrected chi connectivity index (χ4v) is 1.68. The summed E-state index contributed by atoms with van der Waals surface area (Å²) in [4.78, 5) is 0. The van der Waals surface area contributed by atoms with Gasteiger partial charge in [0.25, 0.3) is 0 Å². The van der Waals surface area contributed by atoms with Crippen molar-refractivity contribution < 1.29 is 0 Å². The quantitative estimate of drug-likeness (QED) is 0.489. The van der Waals surface area contributed by atoms with Crippen molar-refractivity contribution in [1.82, 2.24) is 0 Å². The maximum absolute atomic E-state index is 2.38. The van der Waals surface area contributed by atoms with Gasteiger partial charge in [0, 0.05) is 0 Å². The summed E-state index contributed by atoms with van der Waals surface area (Å²) < 4.78 is 0. The monoisotopic (exact) mass is 112 g/mol. The summed E-state index contributed by atoms with van der Waals surface area (Å²) in [6, 6.07) is 0. The summed E-state index contributed by atoms with van der Waals surface area (Å²) in [5, 5.41) is 0. The number of hydrogen-bond donors (Lipinski definition) is 0.